The van der Waals surface area contributed by atoms with E-state index in [1.807, 2.05) is 0 Å². The Morgan fingerprint density at radius 3 is 2.20 bits per heavy atom. The number of hydrogen-bond donors (Lipinski definition) is 1. The molecule has 1 unspecified atom stereocenters. The molecule has 0 heterocycles. The van der Waals surface area contributed by atoms with Gasteiger partial charge in [-0.2, -0.15) is 0 Å². The maximum absolute atomic E-state index is 6.28. The minimum absolute atomic E-state index is 0.196. The highest BCUT2D eigenvalue weighted by Crippen LogP contribution is 2.23. The van der Waals surface area contributed by atoms with Gasteiger partial charge in [0.15, 0.2) is 0 Å². The summed E-state index contributed by atoms with van der Waals surface area (Å²) in [7, 11) is 0. The number of hydrogen-bond acceptors (Lipinski definition) is 1. The number of nitrogens with two attached hydrogens (primary N) is 1. The zero-order valence-corrected chi connectivity index (χ0v) is 14.7. The lowest BCUT2D eigenvalue weighted by Gasteiger charge is -2.13. The summed E-state index contributed by atoms with van der Waals surface area (Å²) in [5, 5.41) is 0. The van der Waals surface area contributed by atoms with Crippen molar-refractivity contribution >= 4 is 15.9 Å². The van der Waals surface area contributed by atoms with Crippen molar-refractivity contribution in [3.63, 3.8) is 0 Å². The first-order valence-electron chi connectivity index (χ1n) is 8.16. The Balaban J connectivity index is 2.13. The van der Waals surface area contributed by atoms with Crippen LogP contribution < -0.4 is 5.73 Å². The minimum Gasteiger partial charge on any atom is -0.324 e. The first-order valence-corrected chi connectivity index (χ1v) is 8.96. The second-order valence-corrected chi connectivity index (χ2v) is 6.73. The number of rotatable bonds is 10. The van der Waals surface area contributed by atoms with Crippen LogP contribution in [0, 0.1) is 6.92 Å². The van der Waals surface area contributed by atoms with E-state index < -0.39 is 0 Å². The molecule has 0 fully saturated rings. The van der Waals surface area contributed by atoms with Gasteiger partial charge in [-0.05, 0) is 30.5 Å². The Labute approximate surface area is 133 Å². The van der Waals surface area contributed by atoms with Crippen molar-refractivity contribution in [2.45, 2.75) is 77.7 Å². The van der Waals surface area contributed by atoms with Gasteiger partial charge >= 0.3 is 0 Å². The van der Waals surface area contributed by atoms with E-state index in [1.165, 1.54) is 67.0 Å². The van der Waals surface area contributed by atoms with Gasteiger partial charge in [0.25, 0.3) is 0 Å². The highest BCUT2D eigenvalue weighted by Gasteiger charge is 2.06. The summed E-state index contributed by atoms with van der Waals surface area (Å²) >= 11 is 3.54. The number of benzene rings is 1. The summed E-state index contributed by atoms with van der Waals surface area (Å²) in [6.07, 6.45) is 12.0. The predicted molar refractivity (Wildman–Crippen MR) is 93.0 cm³/mol. The third-order valence-electron chi connectivity index (χ3n) is 3.98. The molecule has 0 aromatic heterocycles. The number of halogens is 1. The number of aryl methyl sites for hydroxylation is 1. The van der Waals surface area contributed by atoms with Crippen molar-refractivity contribution in [3.05, 3.63) is 33.8 Å². The fraction of sp³-hybridized carbons (Fsp3) is 0.667. The maximum Gasteiger partial charge on any atom is 0.0294 e. The van der Waals surface area contributed by atoms with E-state index in [1.54, 1.807) is 0 Å². The summed E-state index contributed by atoms with van der Waals surface area (Å²) in [5.41, 5.74) is 8.82. The summed E-state index contributed by atoms with van der Waals surface area (Å²) in [6.45, 7) is 4.39. The molecule has 0 aliphatic carbocycles. The molecule has 0 amide bonds. The molecule has 2 heteroatoms. The Hall–Kier alpha value is -0.340. The van der Waals surface area contributed by atoms with Crippen LogP contribution in [0.2, 0.25) is 0 Å². The smallest absolute Gasteiger partial charge is 0.0294 e. The molecule has 0 saturated carbocycles. The molecular weight excluding hydrogens is 310 g/mol. The van der Waals surface area contributed by atoms with Crippen LogP contribution in [0.4, 0.5) is 0 Å². The van der Waals surface area contributed by atoms with Crippen molar-refractivity contribution in [2.24, 2.45) is 5.73 Å². The van der Waals surface area contributed by atoms with E-state index in [-0.39, 0.29) is 6.04 Å². The molecule has 1 aromatic carbocycles. The van der Waals surface area contributed by atoms with Gasteiger partial charge in [0.1, 0.15) is 0 Å². The van der Waals surface area contributed by atoms with Gasteiger partial charge in [0.2, 0.25) is 0 Å². The van der Waals surface area contributed by atoms with Crippen LogP contribution in [0.5, 0.6) is 0 Å². The topological polar surface area (TPSA) is 26.0 Å². The molecule has 2 N–H and O–H groups in total. The summed E-state index contributed by atoms with van der Waals surface area (Å²) in [4.78, 5) is 0. The van der Waals surface area contributed by atoms with E-state index in [2.05, 4.69) is 48.0 Å². The van der Waals surface area contributed by atoms with Crippen LogP contribution in [0.15, 0.2) is 22.7 Å². The van der Waals surface area contributed by atoms with E-state index in [9.17, 15) is 0 Å². The van der Waals surface area contributed by atoms with Crippen molar-refractivity contribution in [3.8, 4) is 0 Å². The highest BCUT2D eigenvalue weighted by molar-refractivity contribution is 9.10. The molecule has 114 valence electrons. The molecule has 1 atom stereocenters. The third kappa shape index (κ3) is 6.90. The van der Waals surface area contributed by atoms with Crippen molar-refractivity contribution in [1.29, 1.82) is 0 Å². The minimum atomic E-state index is 0.196. The highest BCUT2D eigenvalue weighted by atomic mass is 79.9. The van der Waals surface area contributed by atoms with Crippen LogP contribution in [-0.2, 0) is 0 Å². The average Bonchev–Trinajstić information content (AvgIpc) is 2.44. The SMILES string of the molecule is CCCCCCCCCCC(N)c1ccc(Br)c(C)c1. The fourth-order valence-corrected chi connectivity index (χ4v) is 2.81. The standard InChI is InChI=1S/C18H30BrN/c1-3-4-5-6-7-8-9-10-11-18(20)16-12-13-17(19)15(2)14-16/h12-14,18H,3-11,20H2,1-2H3. The van der Waals surface area contributed by atoms with Gasteiger partial charge in [0.05, 0.1) is 0 Å². The fourth-order valence-electron chi connectivity index (χ4n) is 2.56. The van der Waals surface area contributed by atoms with Gasteiger partial charge in [0, 0.05) is 10.5 Å². The monoisotopic (exact) mass is 339 g/mol. The van der Waals surface area contributed by atoms with Crippen LogP contribution >= 0.6 is 15.9 Å². The van der Waals surface area contributed by atoms with E-state index in [0.29, 0.717) is 0 Å². The van der Waals surface area contributed by atoms with Crippen LogP contribution in [0.1, 0.15) is 81.9 Å². The van der Waals surface area contributed by atoms with Crippen molar-refractivity contribution < 1.29 is 0 Å². The Morgan fingerprint density at radius 1 is 1.00 bits per heavy atom. The lowest BCUT2D eigenvalue weighted by Crippen LogP contribution is -2.10. The van der Waals surface area contributed by atoms with E-state index in [4.69, 9.17) is 5.73 Å². The molecule has 0 saturated heterocycles. The summed E-state index contributed by atoms with van der Waals surface area (Å²) < 4.78 is 1.17. The normalized spacial score (nSPS) is 12.6. The maximum atomic E-state index is 6.28. The Morgan fingerprint density at radius 2 is 1.60 bits per heavy atom. The predicted octanol–water partition coefficient (Wildman–Crippen LogP) is 6.29. The van der Waals surface area contributed by atoms with Crippen molar-refractivity contribution in [2.75, 3.05) is 0 Å². The number of unbranched alkanes of at least 4 members (excludes halogenated alkanes) is 7. The largest absolute Gasteiger partial charge is 0.324 e. The molecule has 0 radical (unpaired) electrons. The summed E-state index contributed by atoms with van der Waals surface area (Å²) in [6, 6.07) is 6.66. The molecule has 1 rings (SSSR count). The molecule has 1 nitrogen and oxygen atoms in total. The third-order valence-corrected chi connectivity index (χ3v) is 4.87. The lowest BCUT2D eigenvalue weighted by molar-refractivity contribution is 0.536. The molecule has 0 bridgehead atoms. The van der Waals surface area contributed by atoms with Gasteiger partial charge in [-0.25, -0.2) is 0 Å². The quantitative estimate of drug-likeness (QED) is 0.498. The van der Waals surface area contributed by atoms with E-state index >= 15 is 0 Å². The van der Waals surface area contributed by atoms with Gasteiger partial charge < -0.3 is 5.73 Å². The second-order valence-electron chi connectivity index (χ2n) is 5.88. The van der Waals surface area contributed by atoms with Gasteiger partial charge in [-0.1, -0.05) is 86.4 Å². The van der Waals surface area contributed by atoms with Crippen LogP contribution in [0.25, 0.3) is 0 Å². The zero-order chi connectivity index (χ0) is 14.8. The molecular formula is C18H30BrN. The Bertz CT molecular complexity index is 376. The molecule has 0 aliphatic heterocycles. The zero-order valence-electron chi connectivity index (χ0n) is 13.1. The first-order chi connectivity index (χ1) is 9.65. The van der Waals surface area contributed by atoms with Gasteiger partial charge in [-0.3, -0.25) is 0 Å². The molecule has 0 spiro atoms. The lowest BCUT2D eigenvalue weighted by atomic mass is 9.99. The molecule has 0 aliphatic rings. The first kappa shape index (κ1) is 17.7. The summed E-state index contributed by atoms with van der Waals surface area (Å²) in [5.74, 6) is 0. The van der Waals surface area contributed by atoms with Crippen molar-refractivity contribution in [1.82, 2.24) is 0 Å². The Kier molecular flexibility index (Phi) is 9.21. The molecule has 1 aromatic rings. The molecule has 20 heavy (non-hydrogen) atoms. The van der Waals surface area contributed by atoms with Gasteiger partial charge in [-0.15, -0.1) is 0 Å². The average molecular weight is 340 g/mol. The van der Waals surface area contributed by atoms with Crippen LogP contribution in [0.3, 0.4) is 0 Å². The van der Waals surface area contributed by atoms with E-state index in [0.717, 1.165) is 6.42 Å². The van der Waals surface area contributed by atoms with Crippen LogP contribution in [-0.4, -0.2) is 0 Å². The second kappa shape index (κ2) is 10.4.